The second-order valence-corrected chi connectivity index (χ2v) is 5.89. The number of hydrogen-bond donors (Lipinski definition) is 0. The third kappa shape index (κ3) is 5.42. The molecule has 0 aromatic rings. The zero-order chi connectivity index (χ0) is 12.5. The van der Waals surface area contributed by atoms with Crippen LogP contribution in [0.15, 0.2) is 0 Å². The molecule has 1 heterocycles. The van der Waals surface area contributed by atoms with E-state index in [0.717, 1.165) is 11.8 Å². The van der Waals surface area contributed by atoms with Gasteiger partial charge in [-0.15, -0.1) is 0 Å². The van der Waals surface area contributed by atoms with Crippen molar-refractivity contribution < 1.29 is 0 Å². The summed E-state index contributed by atoms with van der Waals surface area (Å²) in [6.45, 7) is 11.1. The molecule has 1 heteroatoms. The highest BCUT2D eigenvalue weighted by Gasteiger charge is 2.25. The van der Waals surface area contributed by atoms with Crippen molar-refractivity contribution in [3.05, 3.63) is 0 Å². The van der Waals surface area contributed by atoms with Crippen LogP contribution in [-0.4, -0.2) is 24.5 Å². The van der Waals surface area contributed by atoms with E-state index in [9.17, 15) is 0 Å². The fraction of sp³-hybridized carbons (Fsp3) is 1.00. The lowest BCUT2D eigenvalue weighted by atomic mass is 9.80. The summed E-state index contributed by atoms with van der Waals surface area (Å²) in [7, 11) is 0. The van der Waals surface area contributed by atoms with E-state index in [-0.39, 0.29) is 0 Å². The summed E-state index contributed by atoms with van der Waals surface area (Å²) in [5.41, 5.74) is 0. The van der Waals surface area contributed by atoms with Crippen LogP contribution in [0.5, 0.6) is 0 Å². The molecule has 1 atom stereocenters. The highest BCUT2D eigenvalue weighted by molar-refractivity contribution is 4.78. The van der Waals surface area contributed by atoms with Crippen molar-refractivity contribution >= 4 is 0 Å². The molecule has 1 fully saturated rings. The van der Waals surface area contributed by atoms with Crippen LogP contribution in [0.25, 0.3) is 0 Å². The van der Waals surface area contributed by atoms with Gasteiger partial charge in [0, 0.05) is 6.54 Å². The van der Waals surface area contributed by atoms with Crippen molar-refractivity contribution in [2.75, 3.05) is 19.6 Å². The maximum Gasteiger partial charge on any atom is 0.00123 e. The highest BCUT2D eigenvalue weighted by Crippen LogP contribution is 2.30. The maximum absolute atomic E-state index is 2.73. The number of hydrogen-bond acceptors (Lipinski definition) is 1. The molecule has 17 heavy (non-hydrogen) atoms. The first-order chi connectivity index (χ1) is 8.31. The summed E-state index contributed by atoms with van der Waals surface area (Å²) in [4.78, 5) is 2.73. The molecule has 1 unspecified atom stereocenters. The Labute approximate surface area is 109 Å². The molecule has 102 valence electrons. The predicted octanol–water partition coefficient (Wildman–Crippen LogP) is 4.71. The Balaban J connectivity index is 2.39. The number of nitrogens with zero attached hydrogens (tertiary/aromatic N) is 1. The van der Waals surface area contributed by atoms with Crippen LogP contribution in [0.2, 0.25) is 0 Å². The summed E-state index contributed by atoms with van der Waals surface area (Å²) in [6, 6.07) is 0. The summed E-state index contributed by atoms with van der Waals surface area (Å²) >= 11 is 0. The van der Waals surface area contributed by atoms with Gasteiger partial charge >= 0.3 is 0 Å². The Hall–Kier alpha value is -0.0400. The van der Waals surface area contributed by atoms with E-state index in [1.54, 1.807) is 0 Å². The first-order valence-electron chi connectivity index (χ1n) is 8.04. The molecule has 0 radical (unpaired) electrons. The number of likely N-dealkylation sites (tertiary alicyclic amines) is 1. The fourth-order valence-electron chi connectivity index (χ4n) is 3.42. The van der Waals surface area contributed by atoms with Gasteiger partial charge in [-0.25, -0.2) is 0 Å². The number of piperidine rings is 1. The molecule has 1 saturated heterocycles. The maximum atomic E-state index is 2.73. The summed E-state index contributed by atoms with van der Waals surface area (Å²) in [6.07, 6.45) is 11.3. The van der Waals surface area contributed by atoms with Crippen LogP contribution < -0.4 is 0 Å². The summed E-state index contributed by atoms with van der Waals surface area (Å²) in [5.74, 6) is 2.01. The molecule has 1 nitrogen and oxygen atoms in total. The van der Waals surface area contributed by atoms with Crippen LogP contribution in [-0.2, 0) is 0 Å². The predicted molar refractivity (Wildman–Crippen MR) is 77.4 cm³/mol. The van der Waals surface area contributed by atoms with Gasteiger partial charge in [0.2, 0.25) is 0 Å². The zero-order valence-electron chi connectivity index (χ0n) is 12.4. The van der Waals surface area contributed by atoms with Gasteiger partial charge in [-0.1, -0.05) is 52.9 Å². The quantitative estimate of drug-likeness (QED) is 0.592. The van der Waals surface area contributed by atoms with Gasteiger partial charge in [0.1, 0.15) is 0 Å². The molecular formula is C16H33N. The van der Waals surface area contributed by atoms with Gasteiger partial charge in [0.15, 0.2) is 0 Å². The van der Waals surface area contributed by atoms with Crippen molar-refractivity contribution in [2.24, 2.45) is 11.8 Å². The average molecular weight is 239 g/mol. The van der Waals surface area contributed by atoms with Gasteiger partial charge < -0.3 is 4.90 Å². The van der Waals surface area contributed by atoms with Crippen LogP contribution in [0.1, 0.15) is 72.1 Å². The normalized spacial score (nSPS) is 22.2. The second kappa shape index (κ2) is 8.97. The number of unbranched alkanes of at least 4 members (excludes halogenated alkanes) is 1. The second-order valence-electron chi connectivity index (χ2n) is 5.89. The summed E-state index contributed by atoms with van der Waals surface area (Å²) < 4.78 is 0. The monoisotopic (exact) mass is 239 g/mol. The summed E-state index contributed by atoms with van der Waals surface area (Å²) in [5, 5.41) is 0. The van der Waals surface area contributed by atoms with Crippen molar-refractivity contribution in [3.8, 4) is 0 Å². The molecule has 0 aromatic heterocycles. The topological polar surface area (TPSA) is 3.24 Å². The Morgan fingerprint density at radius 3 is 2.35 bits per heavy atom. The standard InChI is InChI=1S/C16H33N/c1-4-7-12-17-13-8-11-16(14-17)15(9-5-2)10-6-3/h15-16H,4-14H2,1-3H3. The van der Waals surface area contributed by atoms with E-state index >= 15 is 0 Å². The third-order valence-electron chi connectivity index (χ3n) is 4.36. The SMILES string of the molecule is CCCCN1CCCC(C(CCC)CCC)C1. The van der Waals surface area contributed by atoms with E-state index in [4.69, 9.17) is 0 Å². The minimum atomic E-state index is 1.00. The largest absolute Gasteiger partial charge is 0.303 e. The van der Waals surface area contributed by atoms with Crippen molar-refractivity contribution in [3.63, 3.8) is 0 Å². The van der Waals surface area contributed by atoms with Gasteiger partial charge in [0.25, 0.3) is 0 Å². The average Bonchev–Trinajstić information content (AvgIpc) is 2.36. The van der Waals surface area contributed by atoms with Gasteiger partial charge in [-0.2, -0.15) is 0 Å². The molecule has 0 aliphatic carbocycles. The molecule has 0 saturated carbocycles. The minimum absolute atomic E-state index is 1.00. The lowest BCUT2D eigenvalue weighted by molar-refractivity contribution is 0.123. The Bertz CT molecular complexity index is 172. The van der Waals surface area contributed by atoms with E-state index in [2.05, 4.69) is 25.7 Å². The molecule has 0 aromatic carbocycles. The third-order valence-corrected chi connectivity index (χ3v) is 4.36. The molecule has 1 aliphatic heterocycles. The van der Waals surface area contributed by atoms with Crippen LogP contribution in [0, 0.1) is 11.8 Å². The van der Waals surface area contributed by atoms with Gasteiger partial charge in [-0.3, -0.25) is 0 Å². The Morgan fingerprint density at radius 2 is 1.76 bits per heavy atom. The first-order valence-corrected chi connectivity index (χ1v) is 8.04. The molecule has 0 bridgehead atoms. The lowest BCUT2D eigenvalue weighted by Gasteiger charge is -2.37. The van der Waals surface area contributed by atoms with E-state index < -0.39 is 0 Å². The number of rotatable bonds is 8. The first kappa shape index (κ1) is 15.0. The van der Waals surface area contributed by atoms with E-state index in [1.807, 2.05) is 0 Å². The zero-order valence-corrected chi connectivity index (χ0v) is 12.4. The molecule has 0 spiro atoms. The van der Waals surface area contributed by atoms with Crippen molar-refractivity contribution in [2.45, 2.75) is 72.1 Å². The molecule has 1 aliphatic rings. The van der Waals surface area contributed by atoms with Crippen LogP contribution >= 0.6 is 0 Å². The highest BCUT2D eigenvalue weighted by atomic mass is 15.1. The van der Waals surface area contributed by atoms with Crippen molar-refractivity contribution in [1.29, 1.82) is 0 Å². The lowest BCUT2D eigenvalue weighted by Crippen LogP contribution is -2.38. The Kier molecular flexibility index (Phi) is 7.92. The molecule has 0 N–H and O–H groups in total. The molecule has 1 rings (SSSR count). The van der Waals surface area contributed by atoms with Gasteiger partial charge in [-0.05, 0) is 44.2 Å². The van der Waals surface area contributed by atoms with Crippen LogP contribution in [0.3, 0.4) is 0 Å². The molecule has 0 amide bonds. The van der Waals surface area contributed by atoms with Crippen molar-refractivity contribution in [1.82, 2.24) is 4.90 Å². The van der Waals surface area contributed by atoms with E-state index in [1.165, 1.54) is 71.0 Å². The van der Waals surface area contributed by atoms with Crippen LogP contribution in [0.4, 0.5) is 0 Å². The minimum Gasteiger partial charge on any atom is -0.303 e. The Morgan fingerprint density at radius 1 is 1.06 bits per heavy atom. The van der Waals surface area contributed by atoms with Gasteiger partial charge in [0.05, 0.1) is 0 Å². The smallest absolute Gasteiger partial charge is 0.00123 e. The molecular weight excluding hydrogens is 206 g/mol. The van der Waals surface area contributed by atoms with E-state index in [0.29, 0.717) is 0 Å². The fourth-order valence-corrected chi connectivity index (χ4v) is 3.42.